The summed E-state index contributed by atoms with van der Waals surface area (Å²) >= 11 is 0. The van der Waals surface area contributed by atoms with Crippen LogP contribution >= 0.6 is 0 Å². The molecule has 1 N–H and O–H groups in total. The van der Waals surface area contributed by atoms with E-state index in [2.05, 4.69) is 13.0 Å². The standard InChI is InChI=1S/C16H22O3S/c1-10-6-12(3)15(7-11(10)2)16(17)8-13-4-5-14(9-16)20(13,18)19/h6-7,13-14,17H,4-5,8-9H2,1-3H3. The van der Waals surface area contributed by atoms with Gasteiger partial charge in [0, 0.05) is 0 Å². The number of aliphatic hydroxyl groups is 1. The molecule has 0 aromatic heterocycles. The minimum absolute atomic E-state index is 0.354. The Balaban J connectivity index is 2.05. The van der Waals surface area contributed by atoms with Crippen LogP contribution < -0.4 is 0 Å². The molecule has 3 nitrogen and oxygen atoms in total. The van der Waals surface area contributed by atoms with Crippen molar-refractivity contribution in [2.24, 2.45) is 0 Å². The van der Waals surface area contributed by atoms with Crippen molar-refractivity contribution in [1.29, 1.82) is 0 Å². The van der Waals surface area contributed by atoms with Crippen LogP contribution in [0, 0.1) is 20.8 Å². The van der Waals surface area contributed by atoms with Gasteiger partial charge in [0.2, 0.25) is 0 Å². The summed E-state index contributed by atoms with van der Waals surface area (Å²) in [5.41, 5.74) is 3.38. The van der Waals surface area contributed by atoms with Gasteiger partial charge in [0.1, 0.15) is 0 Å². The summed E-state index contributed by atoms with van der Waals surface area (Å²) < 4.78 is 24.4. The number of fused-ring (bicyclic) bond motifs is 2. The second-order valence-corrected chi connectivity index (χ2v) is 9.11. The van der Waals surface area contributed by atoms with Crippen LogP contribution in [0.5, 0.6) is 0 Å². The van der Waals surface area contributed by atoms with Gasteiger partial charge in [-0.1, -0.05) is 12.1 Å². The smallest absolute Gasteiger partial charge is 0.156 e. The lowest BCUT2D eigenvalue weighted by Crippen LogP contribution is -2.43. The van der Waals surface area contributed by atoms with Crippen LogP contribution in [0.2, 0.25) is 0 Å². The molecule has 2 aliphatic rings. The van der Waals surface area contributed by atoms with E-state index in [1.54, 1.807) is 0 Å². The Morgan fingerprint density at radius 3 is 2.05 bits per heavy atom. The van der Waals surface area contributed by atoms with E-state index < -0.39 is 15.4 Å². The molecule has 3 rings (SSSR count). The highest BCUT2D eigenvalue weighted by atomic mass is 32.2. The van der Waals surface area contributed by atoms with E-state index in [-0.39, 0.29) is 10.5 Å². The zero-order chi connectivity index (χ0) is 14.7. The minimum atomic E-state index is -3.00. The van der Waals surface area contributed by atoms with E-state index in [1.807, 2.05) is 19.9 Å². The first-order valence-electron chi connectivity index (χ1n) is 7.27. The summed E-state index contributed by atoms with van der Waals surface area (Å²) in [6.07, 6.45) is 2.13. The molecule has 110 valence electrons. The lowest BCUT2D eigenvalue weighted by molar-refractivity contribution is 0.0167. The maximum absolute atomic E-state index is 12.2. The summed E-state index contributed by atoms with van der Waals surface area (Å²) in [5.74, 6) is 0. The second kappa shape index (κ2) is 4.31. The average molecular weight is 294 g/mol. The van der Waals surface area contributed by atoms with Gasteiger partial charge in [0.25, 0.3) is 0 Å². The first kappa shape index (κ1) is 14.1. The van der Waals surface area contributed by atoms with Crippen molar-refractivity contribution in [2.75, 3.05) is 0 Å². The van der Waals surface area contributed by atoms with Crippen LogP contribution in [-0.2, 0) is 15.4 Å². The fourth-order valence-corrected chi connectivity index (χ4v) is 6.42. The summed E-state index contributed by atoms with van der Waals surface area (Å²) in [7, 11) is -3.00. The molecule has 4 heteroatoms. The molecule has 2 saturated heterocycles. The SMILES string of the molecule is Cc1cc(C)c(C2(O)CC3CCC(C2)S3(=O)=O)cc1C. The molecule has 1 aromatic carbocycles. The zero-order valence-corrected chi connectivity index (χ0v) is 13.1. The number of hydrogen-bond acceptors (Lipinski definition) is 3. The van der Waals surface area contributed by atoms with E-state index in [1.165, 1.54) is 5.56 Å². The summed E-state index contributed by atoms with van der Waals surface area (Å²) in [5, 5.41) is 10.4. The molecule has 2 bridgehead atoms. The topological polar surface area (TPSA) is 54.4 Å². The molecule has 2 aliphatic heterocycles. The van der Waals surface area contributed by atoms with E-state index in [0.717, 1.165) is 16.7 Å². The fraction of sp³-hybridized carbons (Fsp3) is 0.625. The minimum Gasteiger partial charge on any atom is -0.385 e. The second-order valence-electron chi connectivity index (χ2n) is 6.60. The maximum Gasteiger partial charge on any atom is 0.156 e. The third-order valence-corrected chi connectivity index (χ3v) is 7.88. The molecule has 0 spiro atoms. The number of aryl methyl sites for hydroxylation is 3. The summed E-state index contributed by atoms with van der Waals surface area (Å²) in [6.45, 7) is 6.10. The van der Waals surface area contributed by atoms with Gasteiger partial charge in [-0.2, -0.15) is 0 Å². The van der Waals surface area contributed by atoms with Gasteiger partial charge >= 0.3 is 0 Å². The Morgan fingerprint density at radius 1 is 1.00 bits per heavy atom. The van der Waals surface area contributed by atoms with Crippen LogP contribution in [0.25, 0.3) is 0 Å². The fourth-order valence-electron chi connectivity index (χ4n) is 3.93. The quantitative estimate of drug-likeness (QED) is 0.866. The number of sulfone groups is 1. The molecule has 2 fully saturated rings. The van der Waals surface area contributed by atoms with Crippen molar-refractivity contribution < 1.29 is 13.5 Å². The molecule has 20 heavy (non-hydrogen) atoms. The predicted molar refractivity (Wildman–Crippen MR) is 79.5 cm³/mol. The van der Waals surface area contributed by atoms with Crippen molar-refractivity contribution in [3.63, 3.8) is 0 Å². The van der Waals surface area contributed by atoms with Gasteiger partial charge in [-0.3, -0.25) is 0 Å². The maximum atomic E-state index is 12.2. The van der Waals surface area contributed by atoms with Crippen LogP contribution in [0.3, 0.4) is 0 Å². The van der Waals surface area contributed by atoms with E-state index >= 15 is 0 Å². The molecule has 1 aromatic rings. The Morgan fingerprint density at radius 2 is 1.50 bits per heavy atom. The molecular weight excluding hydrogens is 272 g/mol. The van der Waals surface area contributed by atoms with Crippen molar-refractivity contribution in [3.8, 4) is 0 Å². The zero-order valence-electron chi connectivity index (χ0n) is 12.3. The Bertz CT molecular complexity index is 641. The molecule has 0 amide bonds. The van der Waals surface area contributed by atoms with Crippen LogP contribution in [0.15, 0.2) is 12.1 Å². The van der Waals surface area contributed by atoms with E-state index in [4.69, 9.17) is 0 Å². The lowest BCUT2D eigenvalue weighted by Gasteiger charge is -2.37. The number of benzene rings is 1. The van der Waals surface area contributed by atoms with Gasteiger partial charge < -0.3 is 5.11 Å². The Kier molecular flexibility index (Phi) is 3.04. The molecule has 2 unspecified atom stereocenters. The highest BCUT2D eigenvalue weighted by Crippen LogP contribution is 2.48. The first-order valence-corrected chi connectivity index (χ1v) is 8.88. The summed E-state index contributed by atoms with van der Waals surface area (Å²) in [4.78, 5) is 0. The molecular formula is C16H22O3S. The molecule has 0 aliphatic carbocycles. The third-order valence-electron chi connectivity index (χ3n) is 5.21. The highest BCUT2D eigenvalue weighted by Gasteiger charge is 2.53. The van der Waals surface area contributed by atoms with Gasteiger partial charge in [-0.25, -0.2) is 8.42 Å². The molecule has 0 saturated carbocycles. The van der Waals surface area contributed by atoms with Crippen molar-refractivity contribution in [2.45, 2.75) is 62.6 Å². The van der Waals surface area contributed by atoms with Gasteiger partial charge in [-0.15, -0.1) is 0 Å². The molecule has 2 atom stereocenters. The monoisotopic (exact) mass is 294 g/mol. The lowest BCUT2D eigenvalue weighted by atomic mass is 9.82. The Labute approximate surface area is 120 Å². The predicted octanol–water partition coefficient (Wildman–Crippen LogP) is 2.54. The van der Waals surface area contributed by atoms with Crippen LogP contribution in [0.4, 0.5) is 0 Å². The van der Waals surface area contributed by atoms with E-state index in [9.17, 15) is 13.5 Å². The number of rotatable bonds is 1. The van der Waals surface area contributed by atoms with Gasteiger partial charge in [0.05, 0.1) is 16.1 Å². The van der Waals surface area contributed by atoms with Crippen molar-refractivity contribution >= 4 is 9.84 Å². The molecule has 0 radical (unpaired) electrons. The van der Waals surface area contributed by atoms with Crippen molar-refractivity contribution in [3.05, 3.63) is 34.4 Å². The third kappa shape index (κ3) is 1.92. The highest BCUT2D eigenvalue weighted by molar-refractivity contribution is 7.93. The normalized spacial score (nSPS) is 35.2. The van der Waals surface area contributed by atoms with Crippen LogP contribution in [-0.4, -0.2) is 24.0 Å². The largest absolute Gasteiger partial charge is 0.385 e. The van der Waals surface area contributed by atoms with Gasteiger partial charge in [-0.05, 0) is 68.7 Å². The average Bonchev–Trinajstić information content (AvgIpc) is 2.53. The Hall–Kier alpha value is -0.870. The molecule has 2 heterocycles. The van der Waals surface area contributed by atoms with Crippen molar-refractivity contribution in [1.82, 2.24) is 0 Å². The van der Waals surface area contributed by atoms with E-state index in [0.29, 0.717) is 25.7 Å². The van der Waals surface area contributed by atoms with Gasteiger partial charge in [0.15, 0.2) is 9.84 Å². The first-order chi connectivity index (χ1) is 9.24. The number of hydrogen-bond donors (Lipinski definition) is 1. The van der Waals surface area contributed by atoms with Crippen LogP contribution in [0.1, 0.15) is 47.9 Å². The summed E-state index contributed by atoms with van der Waals surface area (Å²) in [6, 6.07) is 4.13.